The van der Waals surface area contributed by atoms with E-state index in [1.54, 1.807) is 6.07 Å². The average Bonchev–Trinajstić information content (AvgIpc) is 2.27. The highest BCUT2D eigenvalue weighted by Gasteiger charge is 2.35. The highest BCUT2D eigenvalue weighted by molar-refractivity contribution is 9.10. The zero-order valence-corrected chi connectivity index (χ0v) is 13.2. The molecule has 0 saturated heterocycles. The molecule has 0 aromatic carbocycles. The van der Waals surface area contributed by atoms with Crippen molar-refractivity contribution in [3.8, 4) is 0 Å². The Bertz CT molecular complexity index is 477. The lowest BCUT2D eigenvalue weighted by atomic mass is 9.84. The third-order valence-electron chi connectivity index (χ3n) is 2.54. The van der Waals surface area contributed by atoms with Gasteiger partial charge in [0.2, 0.25) is 0 Å². The zero-order chi connectivity index (χ0) is 14.8. The van der Waals surface area contributed by atoms with E-state index in [9.17, 15) is 9.90 Å². The summed E-state index contributed by atoms with van der Waals surface area (Å²) in [5.41, 5.74) is 4.91. The van der Waals surface area contributed by atoms with Gasteiger partial charge in [-0.05, 0) is 27.4 Å². The largest absolute Gasteiger partial charge is 0.437 e. The monoisotopic (exact) mass is 350 g/mol. The molecule has 0 bridgehead atoms. The first-order valence-electron chi connectivity index (χ1n) is 5.58. The van der Waals surface area contributed by atoms with Gasteiger partial charge in [-0.25, -0.2) is 4.79 Å². The second-order valence-electron chi connectivity index (χ2n) is 5.19. The topological polar surface area (TPSA) is 85.4 Å². The van der Waals surface area contributed by atoms with Crippen LogP contribution in [0.25, 0.3) is 0 Å². The van der Waals surface area contributed by atoms with Crippen molar-refractivity contribution in [1.29, 1.82) is 0 Å². The Morgan fingerprint density at radius 3 is 2.58 bits per heavy atom. The number of rotatable bonds is 3. The molecular weight excluding hydrogens is 336 g/mol. The Morgan fingerprint density at radius 2 is 2.16 bits per heavy atom. The summed E-state index contributed by atoms with van der Waals surface area (Å²) in [6.07, 6.45) is -1.47. The first-order chi connectivity index (χ1) is 8.62. The Kier molecular flexibility index (Phi) is 5.18. The second kappa shape index (κ2) is 6.07. The van der Waals surface area contributed by atoms with Gasteiger partial charge in [-0.15, -0.1) is 0 Å². The van der Waals surface area contributed by atoms with Crippen molar-refractivity contribution in [2.45, 2.75) is 33.0 Å². The van der Waals surface area contributed by atoms with Crippen LogP contribution in [-0.4, -0.2) is 22.3 Å². The Labute approximate surface area is 125 Å². The number of nitrogens with two attached hydrogens (primary N) is 1. The van der Waals surface area contributed by atoms with Crippen molar-refractivity contribution in [2.75, 3.05) is 0 Å². The number of aliphatic hydroxyl groups excluding tert-OH is 1. The van der Waals surface area contributed by atoms with E-state index in [0.717, 1.165) is 0 Å². The summed E-state index contributed by atoms with van der Waals surface area (Å²) in [5, 5.41) is 10.7. The Balaban J connectivity index is 3.16. The maximum absolute atomic E-state index is 11.0. The quantitative estimate of drug-likeness (QED) is 0.876. The van der Waals surface area contributed by atoms with Crippen molar-refractivity contribution >= 4 is 33.6 Å². The first-order valence-corrected chi connectivity index (χ1v) is 6.75. The van der Waals surface area contributed by atoms with Crippen molar-refractivity contribution in [2.24, 2.45) is 11.1 Å². The molecule has 1 unspecified atom stereocenters. The second-order valence-corrected chi connectivity index (χ2v) is 6.45. The molecule has 0 aliphatic rings. The first kappa shape index (κ1) is 16.2. The van der Waals surface area contributed by atoms with E-state index < -0.39 is 23.7 Å². The van der Waals surface area contributed by atoms with Crippen molar-refractivity contribution in [3.63, 3.8) is 0 Å². The van der Waals surface area contributed by atoms with Crippen LogP contribution in [0.5, 0.6) is 0 Å². The fraction of sp³-hybridized carbons (Fsp3) is 0.500. The maximum atomic E-state index is 11.0. The molecule has 0 spiro atoms. The summed E-state index contributed by atoms with van der Waals surface area (Å²) >= 11 is 9.11. The highest BCUT2D eigenvalue weighted by atomic mass is 79.9. The molecule has 0 aliphatic heterocycles. The van der Waals surface area contributed by atoms with Gasteiger partial charge < -0.3 is 15.6 Å². The molecule has 1 amide bonds. The van der Waals surface area contributed by atoms with Crippen LogP contribution in [0.2, 0.25) is 5.02 Å². The van der Waals surface area contributed by atoms with E-state index in [-0.39, 0.29) is 0 Å². The Morgan fingerprint density at radius 1 is 1.58 bits per heavy atom. The van der Waals surface area contributed by atoms with Gasteiger partial charge in [0.05, 0.1) is 10.7 Å². The van der Waals surface area contributed by atoms with Gasteiger partial charge in [0.15, 0.2) is 6.10 Å². The number of nitrogens with zero attached hydrogens (tertiary/aromatic N) is 1. The minimum absolute atomic E-state index is 0.373. The number of aromatic nitrogens is 1. The van der Waals surface area contributed by atoms with Crippen LogP contribution in [0.1, 0.15) is 32.6 Å². The lowest BCUT2D eigenvalue weighted by Gasteiger charge is -2.31. The number of carbonyl (C=O) groups is 1. The molecule has 3 N–H and O–H groups in total. The van der Waals surface area contributed by atoms with Gasteiger partial charge in [-0.3, -0.25) is 4.98 Å². The predicted octanol–water partition coefficient (Wildman–Crippen LogP) is 3.04. The molecule has 1 aromatic rings. The summed E-state index contributed by atoms with van der Waals surface area (Å²) in [6.45, 7) is 5.46. The number of amides is 1. The van der Waals surface area contributed by atoms with Gasteiger partial charge in [0.25, 0.3) is 0 Å². The van der Waals surface area contributed by atoms with Gasteiger partial charge >= 0.3 is 6.09 Å². The molecule has 1 aromatic heterocycles. The molecule has 1 heterocycles. The summed E-state index contributed by atoms with van der Waals surface area (Å²) in [5.74, 6) is 0. The van der Waals surface area contributed by atoms with Crippen LogP contribution in [0, 0.1) is 5.41 Å². The van der Waals surface area contributed by atoms with E-state index in [1.807, 2.05) is 20.8 Å². The van der Waals surface area contributed by atoms with E-state index in [1.165, 1.54) is 6.20 Å². The number of halogens is 2. The third-order valence-corrected chi connectivity index (χ3v) is 3.72. The molecule has 7 heteroatoms. The maximum Gasteiger partial charge on any atom is 0.405 e. The molecule has 0 saturated carbocycles. The molecule has 0 aliphatic carbocycles. The van der Waals surface area contributed by atoms with Crippen LogP contribution < -0.4 is 5.73 Å². The number of carbonyl (C=O) groups excluding carboxylic acids is 1. The van der Waals surface area contributed by atoms with Crippen LogP contribution in [0.3, 0.4) is 0 Å². The SMILES string of the molecule is CC(C)(C)C(O)[C@@H](OC(N)=O)c1cc(Br)c(Cl)cn1. The lowest BCUT2D eigenvalue weighted by Crippen LogP contribution is -2.36. The normalized spacial score (nSPS) is 14.8. The molecule has 19 heavy (non-hydrogen) atoms. The van der Waals surface area contributed by atoms with Gasteiger partial charge in [-0.1, -0.05) is 32.4 Å². The van der Waals surface area contributed by atoms with Crippen LogP contribution >= 0.6 is 27.5 Å². The summed E-state index contributed by atoms with van der Waals surface area (Å²) < 4.78 is 5.58. The molecule has 0 radical (unpaired) electrons. The number of hydrogen-bond acceptors (Lipinski definition) is 4. The van der Waals surface area contributed by atoms with Crippen LogP contribution in [0.4, 0.5) is 4.79 Å². The zero-order valence-electron chi connectivity index (χ0n) is 10.9. The van der Waals surface area contributed by atoms with E-state index >= 15 is 0 Å². The molecule has 0 fully saturated rings. The smallest absolute Gasteiger partial charge is 0.405 e. The van der Waals surface area contributed by atoms with E-state index in [4.69, 9.17) is 22.1 Å². The van der Waals surface area contributed by atoms with E-state index in [0.29, 0.717) is 15.2 Å². The minimum atomic E-state index is -0.971. The minimum Gasteiger partial charge on any atom is -0.437 e. The standard InChI is InChI=1S/C12H16BrClN2O3/c1-12(2,3)10(17)9(19-11(15)18)8-4-6(13)7(14)5-16-8/h4-5,9-10,17H,1-3H3,(H2,15,18)/t9-,10?/m0/s1. The molecular formula is C12H16BrClN2O3. The fourth-order valence-electron chi connectivity index (χ4n) is 1.45. The van der Waals surface area contributed by atoms with Crippen LogP contribution in [-0.2, 0) is 4.74 Å². The predicted molar refractivity (Wildman–Crippen MR) is 75.8 cm³/mol. The van der Waals surface area contributed by atoms with Gasteiger partial charge in [-0.2, -0.15) is 0 Å². The molecule has 106 valence electrons. The number of pyridine rings is 1. The van der Waals surface area contributed by atoms with Gasteiger partial charge in [0.1, 0.15) is 6.10 Å². The molecule has 5 nitrogen and oxygen atoms in total. The van der Waals surface area contributed by atoms with Gasteiger partial charge in [0, 0.05) is 10.7 Å². The lowest BCUT2D eigenvalue weighted by molar-refractivity contribution is -0.0526. The molecule has 1 rings (SSSR count). The summed E-state index contributed by atoms with van der Waals surface area (Å²) in [6, 6.07) is 1.59. The average molecular weight is 352 g/mol. The summed E-state index contributed by atoms with van der Waals surface area (Å²) in [4.78, 5) is 15.1. The third kappa shape index (κ3) is 4.33. The fourth-order valence-corrected chi connectivity index (χ4v) is 1.89. The number of primary amides is 1. The molecule has 2 atom stereocenters. The van der Waals surface area contributed by atoms with Crippen LogP contribution in [0.15, 0.2) is 16.7 Å². The van der Waals surface area contributed by atoms with Crippen molar-refractivity contribution in [3.05, 3.63) is 27.5 Å². The summed E-state index contributed by atoms with van der Waals surface area (Å²) in [7, 11) is 0. The number of aliphatic hydroxyl groups is 1. The van der Waals surface area contributed by atoms with E-state index in [2.05, 4.69) is 20.9 Å². The highest BCUT2D eigenvalue weighted by Crippen LogP contribution is 2.34. The van der Waals surface area contributed by atoms with Crippen molar-refractivity contribution in [1.82, 2.24) is 4.98 Å². The van der Waals surface area contributed by atoms with Crippen molar-refractivity contribution < 1.29 is 14.6 Å². The number of ether oxygens (including phenoxy) is 1. The Hall–Kier alpha value is -0.850. The number of hydrogen-bond donors (Lipinski definition) is 2.